The summed E-state index contributed by atoms with van der Waals surface area (Å²) < 4.78 is 0. The fraction of sp³-hybridized carbons (Fsp3) is 0.467. The van der Waals surface area contributed by atoms with Crippen LogP contribution in [0.3, 0.4) is 0 Å². The minimum absolute atomic E-state index is 0.0589. The molecule has 2 aromatic heterocycles. The third kappa shape index (κ3) is 2.77. The maximum atomic E-state index is 12.3. The third-order valence-electron chi connectivity index (χ3n) is 3.85. The summed E-state index contributed by atoms with van der Waals surface area (Å²) in [6, 6.07) is 0. The van der Waals surface area contributed by atoms with Gasteiger partial charge in [0.2, 0.25) is 0 Å². The molecule has 0 radical (unpaired) electrons. The summed E-state index contributed by atoms with van der Waals surface area (Å²) >= 11 is 1.74. The van der Waals surface area contributed by atoms with Crippen LogP contribution in [0.2, 0.25) is 0 Å². The number of carbonyl (C=O) groups excluding carboxylic acids is 1. The molecule has 1 aliphatic carbocycles. The fourth-order valence-corrected chi connectivity index (χ4v) is 3.94. The molecule has 0 spiro atoms. The summed E-state index contributed by atoms with van der Waals surface area (Å²) in [5, 5.41) is 5.01. The van der Waals surface area contributed by atoms with Gasteiger partial charge in [-0.05, 0) is 30.7 Å². The lowest BCUT2D eigenvalue weighted by atomic mass is 9.88. The van der Waals surface area contributed by atoms with Gasteiger partial charge in [-0.2, -0.15) is 0 Å². The van der Waals surface area contributed by atoms with Crippen molar-refractivity contribution in [1.82, 2.24) is 15.3 Å². The number of fused-ring (bicyclic) bond motifs is 1. The summed E-state index contributed by atoms with van der Waals surface area (Å²) in [5.74, 6) is 1.71. The molecule has 0 saturated carbocycles. The fourth-order valence-electron chi connectivity index (χ4n) is 2.69. The van der Waals surface area contributed by atoms with Crippen LogP contribution in [0.5, 0.6) is 0 Å². The second kappa shape index (κ2) is 5.79. The van der Waals surface area contributed by atoms with Gasteiger partial charge in [-0.15, -0.1) is 11.3 Å². The summed E-state index contributed by atoms with van der Waals surface area (Å²) in [5.41, 5.74) is 2.17. The van der Waals surface area contributed by atoms with Crippen molar-refractivity contribution in [2.75, 3.05) is 6.54 Å². The number of carbonyl (C=O) groups is 1. The molecule has 1 unspecified atom stereocenters. The van der Waals surface area contributed by atoms with E-state index in [0.29, 0.717) is 6.54 Å². The zero-order valence-corrected chi connectivity index (χ0v) is 12.4. The predicted octanol–water partition coefficient (Wildman–Crippen LogP) is 2.57. The number of thiophene rings is 1. The smallest absolute Gasteiger partial charge is 0.252 e. The van der Waals surface area contributed by atoms with Crippen LogP contribution in [0.25, 0.3) is 0 Å². The van der Waals surface area contributed by atoms with Crippen molar-refractivity contribution in [2.45, 2.75) is 32.6 Å². The number of aromatic amines is 1. The number of rotatable bonds is 4. The summed E-state index contributed by atoms with van der Waals surface area (Å²) in [6.07, 6.45) is 7.63. The standard InChI is InChI=1S/C15H19N3OS/c1-10-2-3-11-12(9-20-13(11)8-10)15(19)18-5-4-14-16-6-7-17-14/h6-7,9-10H,2-5,8H2,1H3,(H,16,17)(H,18,19). The molecule has 1 atom stereocenters. The Labute approximate surface area is 122 Å². The number of hydrogen-bond acceptors (Lipinski definition) is 3. The summed E-state index contributed by atoms with van der Waals surface area (Å²) in [4.78, 5) is 20.8. The predicted molar refractivity (Wildman–Crippen MR) is 80.1 cm³/mol. The van der Waals surface area contributed by atoms with E-state index in [-0.39, 0.29) is 5.91 Å². The van der Waals surface area contributed by atoms with E-state index in [1.165, 1.54) is 16.9 Å². The van der Waals surface area contributed by atoms with Gasteiger partial charge < -0.3 is 10.3 Å². The van der Waals surface area contributed by atoms with E-state index in [4.69, 9.17) is 0 Å². The maximum absolute atomic E-state index is 12.3. The van der Waals surface area contributed by atoms with Crippen LogP contribution in [0.15, 0.2) is 17.8 Å². The number of aromatic nitrogens is 2. The van der Waals surface area contributed by atoms with Crippen LogP contribution in [0.1, 0.15) is 40.0 Å². The van der Waals surface area contributed by atoms with Gasteiger partial charge >= 0.3 is 0 Å². The minimum atomic E-state index is 0.0589. The first-order chi connectivity index (χ1) is 9.74. The molecule has 5 heteroatoms. The largest absolute Gasteiger partial charge is 0.352 e. The molecule has 2 aromatic rings. The Morgan fingerprint density at radius 3 is 3.30 bits per heavy atom. The lowest BCUT2D eigenvalue weighted by Crippen LogP contribution is -2.27. The van der Waals surface area contributed by atoms with Crippen molar-refractivity contribution in [3.8, 4) is 0 Å². The monoisotopic (exact) mass is 289 g/mol. The molecule has 1 aliphatic rings. The molecule has 20 heavy (non-hydrogen) atoms. The van der Waals surface area contributed by atoms with Crippen molar-refractivity contribution >= 4 is 17.2 Å². The SMILES string of the molecule is CC1CCc2c(C(=O)NCCc3ncc[nH]3)csc2C1. The number of H-pyrrole nitrogens is 1. The molecule has 3 rings (SSSR count). The van der Waals surface area contributed by atoms with Crippen molar-refractivity contribution in [3.63, 3.8) is 0 Å². The van der Waals surface area contributed by atoms with Crippen LogP contribution in [0.4, 0.5) is 0 Å². The van der Waals surface area contributed by atoms with E-state index in [1.54, 1.807) is 23.7 Å². The molecule has 2 N–H and O–H groups in total. The number of nitrogens with zero attached hydrogens (tertiary/aromatic N) is 1. The molecule has 0 aromatic carbocycles. The molecule has 2 heterocycles. The highest BCUT2D eigenvalue weighted by Gasteiger charge is 2.22. The van der Waals surface area contributed by atoms with Gasteiger partial charge in [-0.1, -0.05) is 6.92 Å². The molecule has 106 valence electrons. The average Bonchev–Trinajstić information content (AvgIpc) is 3.07. The summed E-state index contributed by atoms with van der Waals surface area (Å²) in [7, 11) is 0. The Morgan fingerprint density at radius 2 is 2.50 bits per heavy atom. The van der Waals surface area contributed by atoms with Crippen molar-refractivity contribution in [1.29, 1.82) is 0 Å². The lowest BCUT2D eigenvalue weighted by Gasteiger charge is -2.18. The first-order valence-electron chi connectivity index (χ1n) is 7.09. The minimum Gasteiger partial charge on any atom is -0.352 e. The van der Waals surface area contributed by atoms with Crippen molar-refractivity contribution in [3.05, 3.63) is 39.6 Å². The molecule has 0 bridgehead atoms. The van der Waals surface area contributed by atoms with Crippen molar-refractivity contribution in [2.24, 2.45) is 5.92 Å². The Hall–Kier alpha value is -1.62. The first-order valence-corrected chi connectivity index (χ1v) is 7.97. The average molecular weight is 289 g/mol. The molecular formula is C15H19N3OS. The highest BCUT2D eigenvalue weighted by atomic mass is 32.1. The Morgan fingerprint density at radius 1 is 1.60 bits per heavy atom. The number of nitrogens with one attached hydrogen (secondary N) is 2. The number of hydrogen-bond donors (Lipinski definition) is 2. The topological polar surface area (TPSA) is 57.8 Å². The second-order valence-electron chi connectivity index (χ2n) is 5.44. The van der Waals surface area contributed by atoms with Gasteiger partial charge in [-0.25, -0.2) is 4.98 Å². The zero-order chi connectivity index (χ0) is 13.9. The van der Waals surface area contributed by atoms with Crippen LogP contribution in [-0.4, -0.2) is 22.4 Å². The van der Waals surface area contributed by atoms with Crippen molar-refractivity contribution < 1.29 is 4.79 Å². The first kappa shape index (κ1) is 13.4. The molecule has 0 fully saturated rings. The second-order valence-corrected chi connectivity index (χ2v) is 6.41. The zero-order valence-electron chi connectivity index (χ0n) is 11.6. The van der Waals surface area contributed by atoms with Crippen LogP contribution in [-0.2, 0) is 19.3 Å². The molecule has 0 saturated heterocycles. The third-order valence-corrected chi connectivity index (χ3v) is 4.90. The molecule has 4 nitrogen and oxygen atoms in total. The van der Waals surface area contributed by atoms with E-state index in [2.05, 4.69) is 22.2 Å². The number of amides is 1. The number of imidazole rings is 1. The van der Waals surface area contributed by atoms with Gasteiger partial charge in [0.15, 0.2) is 0 Å². The normalized spacial score (nSPS) is 17.8. The molecule has 0 aliphatic heterocycles. The van der Waals surface area contributed by atoms with E-state index < -0.39 is 0 Å². The van der Waals surface area contributed by atoms with E-state index in [1.807, 2.05) is 5.38 Å². The van der Waals surface area contributed by atoms with E-state index >= 15 is 0 Å². The van der Waals surface area contributed by atoms with E-state index in [0.717, 1.165) is 36.6 Å². The van der Waals surface area contributed by atoms with Gasteiger partial charge in [-0.3, -0.25) is 4.79 Å². The van der Waals surface area contributed by atoms with Gasteiger partial charge in [0, 0.05) is 35.6 Å². The highest BCUT2D eigenvalue weighted by Crippen LogP contribution is 2.32. The van der Waals surface area contributed by atoms with Crippen LogP contribution >= 0.6 is 11.3 Å². The van der Waals surface area contributed by atoms with Crippen LogP contribution < -0.4 is 5.32 Å². The maximum Gasteiger partial charge on any atom is 0.252 e. The molecular weight excluding hydrogens is 270 g/mol. The lowest BCUT2D eigenvalue weighted by molar-refractivity contribution is 0.0953. The van der Waals surface area contributed by atoms with Gasteiger partial charge in [0.1, 0.15) is 5.82 Å². The van der Waals surface area contributed by atoms with E-state index in [9.17, 15) is 4.79 Å². The highest BCUT2D eigenvalue weighted by molar-refractivity contribution is 7.10. The Balaban J connectivity index is 1.60. The Bertz CT molecular complexity index is 588. The van der Waals surface area contributed by atoms with Crippen LogP contribution in [0, 0.1) is 5.92 Å². The summed E-state index contributed by atoms with van der Waals surface area (Å²) in [6.45, 7) is 2.90. The Kier molecular flexibility index (Phi) is 3.87. The molecule has 1 amide bonds. The quantitative estimate of drug-likeness (QED) is 0.909. The van der Waals surface area contributed by atoms with Gasteiger partial charge in [0.25, 0.3) is 5.91 Å². The van der Waals surface area contributed by atoms with Gasteiger partial charge in [0.05, 0.1) is 5.56 Å².